The van der Waals surface area contributed by atoms with Crippen LogP contribution in [0.4, 0.5) is 11.4 Å². The van der Waals surface area contributed by atoms with Crippen molar-refractivity contribution in [3.8, 4) is 5.75 Å². The van der Waals surface area contributed by atoms with E-state index in [1.807, 2.05) is 13.0 Å². The van der Waals surface area contributed by atoms with E-state index in [-0.39, 0.29) is 36.5 Å². The Morgan fingerprint density at radius 1 is 1.18 bits per heavy atom. The van der Waals surface area contributed by atoms with Crippen molar-refractivity contribution in [2.24, 2.45) is 17.8 Å². The van der Waals surface area contributed by atoms with Crippen LogP contribution < -0.4 is 4.90 Å². The molecule has 3 N–H and O–H groups in total. The number of imide groups is 1. The fourth-order valence-electron chi connectivity index (χ4n) is 6.20. The molecule has 10 nitrogen and oxygen atoms in total. The molecule has 0 spiro atoms. The highest BCUT2D eigenvalue weighted by molar-refractivity contribution is 6.43. The number of phenolic OH excluding ortho intramolecular Hbond substituents is 1. The first-order valence-corrected chi connectivity index (χ1v) is 12.9. The summed E-state index contributed by atoms with van der Waals surface area (Å²) in [5, 5.41) is 41.7. The maximum absolute atomic E-state index is 13.7. The number of nitro benzene ring substituents is 1. The molecule has 4 atom stereocenters. The molecule has 2 amide bonds. The van der Waals surface area contributed by atoms with E-state index in [2.05, 4.69) is 0 Å². The Labute approximate surface area is 225 Å². The number of carbonyl (C=O) groups is 2. The summed E-state index contributed by atoms with van der Waals surface area (Å²) in [6, 6.07) is 12.3. The van der Waals surface area contributed by atoms with E-state index in [9.17, 15) is 34.9 Å². The molecule has 0 aromatic heterocycles. The van der Waals surface area contributed by atoms with Crippen molar-refractivity contribution in [3.63, 3.8) is 0 Å². The second-order valence-electron chi connectivity index (χ2n) is 10.4. The number of non-ortho nitro benzene ring substituents is 1. The Bertz CT molecular complexity index is 1370. The van der Waals surface area contributed by atoms with E-state index >= 15 is 0 Å². The Balaban J connectivity index is 1.41. The number of nitrogens with zero attached hydrogens (tertiary/aromatic N) is 2. The minimum Gasteiger partial charge on any atom is -0.508 e. The number of amides is 2. The van der Waals surface area contributed by atoms with Gasteiger partial charge in [0, 0.05) is 12.1 Å². The SMILES string of the molecule is C/C(=C\c1ccc(O)cc1)CC[C@H]1OB(O)C[C@H]2C1=C(CO)C[C@H]1C(=O)N(c3cccc([N+](=O)[O-])c3)C(=O)[C@H]12. The third-order valence-corrected chi connectivity index (χ3v) is 7.90. The lowest BCUT2D eigenvalue weighted by Gasteiger charge is -2.42. The van der Waals surface area contributed by atoms with Crippen LogP contribution >= 0.6 is 0 Å². The van der Waals surface area contributed by atoms with Crippen molar-refractivity contribution < 1.29 is 34.4 Å². The minimum atomic E-state index is -1.14. The van der Waals surface area contributed by atoms with Gasteiger partial charge in [-0.15, -0.1) is 0 Å². The number of aliphatic hydroxyl groups excluding tert-OH is 1. The first-order chi connectivity index (χ1) is 18.7. The van der Waals surface area contributed by atoms with Gasteiger partial charge in [0.15, 0.2) is 0 Å². The van der Waals surface area contributed by atoms with Crippen molar-refractivity contribution in [2.45, 2.75) is 38.6 Å². The molecule has 0 saturated carbocycles. The van der Waals surface area contributed by atoms with Gasteiger partial charge in [-0.05, 0) is 73.3 Å². The summed E-state index contributed by atoms with van der Waals surface area (Å²) in [5.74, 6) is -2.71. The van der Waals surface area contributed by atoms with Crippen molar-refractivity contribution >= 4 is 36.4 Å². The molecule has 3 aliphatic rings. The zero-order valence-electron chi connectivity index (χ0n) is 21.4. The molecule has 2 heterocycles. The number of aliphatic hydroxyl groups is 1. The van der Waals surface area contributed by atoms with Crippen molar-refractivity contribution in [1.29, 1.82) is 0 Å². The van der Waals surface area contributed by atoms with Crippen molar-refractivity contribution in [2.75, 3.05) is 11.5 Å². The van der Waals surface area contributed by atoms with Gasteiger partial charge < -0.3 is 19.9 Å². The minimum absolute atomic E-state index is 0.112. The van der Waals surface area contributed by atoms with Crippen molar-refractivity contribution in [1.82, 2.24) is 0 Å². The normalized spacial score (nSPS) is 25.2. The molecule has 2 saturated heterocycles. The smallest absolute Gasteiger partial charge is 0.455 e. The molecule has 11 heteroatoms. The molecule has 39 heavy (non-hydrogen) atoms. The van der Waals surface area contributed by atoms with Gasteiger partial charge in [-0.2, -0.15) is 0 Å². The van der Waals surface area contributed by atoms with Gasteiger partial charge in [0.2, 0.25) is 11.8 Å². The number of carbonyl (C=O) groups excluding carboxylic acids is 2. The second kappa shape index (κ2) is 10.8. The largest absolute Gasteiger partial charge is 0.508 e. The van der Waals surface area contributed by atoms with Crippen LogP contribution in [0.5, 0.6) is 5.75 Å². The summed E-state index contributed by atoms with van der Waals surface area (Å²) in [6.07, 6.45) is 2.86. The van der Waals surface area contributed by atoms with Gasteiger partial charge in [-0.25, -0.2) is 4.90 Å². The number of allylic oxidation sites excluding steroid dienone is 1. The van der Waals surface area contributed by atoms with E-state index in [1.54, 1.807) is 24.3 Å². The van der Waals surface area contributed by atoms with Crippen LogP contribution in [0.2, 0.25) is 6.32 Å². The molecule has 2 aromatic rings. The summed E-state index contributed by atoms with van der Waals surface area (Å²) in [5.41, 5.74) is 3.29. The Hall–Kier alpha value is -3.80. The first kappa shape index (κ1) is 26.8. The van der Waals surface area contributed by atoms with E-state index < -0.39 is 47.7 Å². The predicted molar refractivity (Wildman–Crippen MR) is 143 cm³/mol. The summed E-state index contributed by atoms with van der Waals surface area (Å²) in [4.78, 5) is 38.9. The second-order valence-corrected chi connectivity index (χ2v) is 10.4. The Kier molecular flexibility index (Phi) is 7.39. The summed E-state index contributed by atoms with van der Waals surface area (Å²) >= 11 is 0. The monoisotopic (exact) mass is 532 g/mol. The Morgan fingerprint density at radius 2 is 1.92 bits per heavy atom. The molecule has 0 radical (unpaired) electrons. The van der Waals surface area contributed by atoms with Crippen LogP contribution in [0, 0.1) is 27.9 Å². The summed E-state index contributed by atoms with van der Waals surface area (Å²) < 4.78 is 5.91. The molecular formula is C28H29BN2O8. The van der Waals surface area contributed by atoms with E-state index in [4.69, 9.17) is 4.65 Å². The van der Waals surface area contributed by atoms with Gasteiger partial charge in [0.1, 0.15) is 5.75 Å². The van der Waals surface area contributed by atoms with Crippen LogP contribution in [-0.4, -0.2) is 51.8 Å². The molecule has 0 unspecified atom stereocenters. The van der Waals surface area contributed by atoms with Crippen molar-refractivity contribution in [3.05, 3.63) is 80.9 Å². The fourth-order valence-corrected chi connectivity index (χ4v) is 6.20. The highest BCUT2D eigenvalue weighted by Crippen LogP contribution is 2.51. The van der Waals surface area contributed by atoms with Crippen LogP contribution in [0.3, 0.4) is 0 Å². The maximum Gasteiger partial charge on any atom is 0.455 e. The summed E-state index contributed by atoms with van der Waals surface area (Å²) in [7, 11) is -1.14. The molecular weight excluding hydrogens is 503 g/mol. The highest BCUT2D eigenvalue weighted by Gasteiger charge is 2.57. The number of hydrogen-bond donors (Lipinski definition) is 3. The number of phenols is 1. The predicted octanol–water partition coefficient (Wildman–Crippen LogP) is 3.48. The third-order valence-electron chi connectivity index (χ3n) is 7.90. The third kappa shape index (κ3) is 5.12. The van der Waals surface area contributed by atoms with E-state index in [0.29, 0.717) is 18.4 Å². The number of aromatic hydroxyl groups is 1. The van der Waals surface area contributed by atoms with Crippen LogP contribution in [0.15, 0.2) is 65.3 Å². The number of fused-ring (bicyclic) bond motifs is 3. The van der Waals surface area contributed by atoms with Crippen LogP contribution in [0.1, 0.15) is 31.7 Å². The average molecular weight is 532 g/mol. The topological polar surface area (TPSA) is 150 Å². The number of benzene rings is 2. The van der Waals surface area contributed by atoms with Crippen LogP contribution in [-0.2, 0) is 14.2 Å². The zero-order valence-corrected chi connectivity index (χ0v) is 21.4. The maximum atomic E-state index is 13.7. The van der Waals surface area contributed by atoms with Crippen LogP contribution in [0.25, 0.3) is 6.08 Å². The molecule has 202 valence electrons. The lowest BCUT2D eigenvalue weighted by atomic mass is 9.58. The van der Waals surface area contributed by atoms with Gasteiger partial charge >= 0.3 is 7.12 Å². The zero-order chi connectivity index (χ0) is 27.8. The standard InChI is InChI=1S/C28H29BN2O8/c1-16(11-17-6-8-21(33)9-7-17)5-10-24-25-18(15-32)12-22-26(23(25)14-29(36)39-24)28(35)30(27(22)34)19-3-2-4-20(13-19)31(37)38/h2-4,6-9,11,13,22-24,26,32-33,36H,5,10,12,14-15H2,1H3/b16-11+/t22-,23+,24-,26-/m1/s1. The Morgan fingerprint density at radius 3 is 2.62 bits per heavy atom. The highest BCUT2D eigenvalue weighted by atomic mass is 16.6. The van der Waals surface area contributed by atoms with Gasteiger partial charge in [0.25, 0.3) is 5.69 Å². The van der Waals surface area contributed by atoms with E-state index in [0.717, 1.165) is 21.6 Å². The van der Waals surface area contributed by atoms with Gasteiger partial charge in [0.05, 0.1) is 35.2 Å². The number of rotatable bonds is 7. The van der Waals surface area contributed by atoms with E-state index in [1.165, 1.54) is 24.3 Å². The molecule has 0 bridgehead atoms. The lowest BCUT2D eigenvalue weighted by molar-refractivity contribution is -0.384. The van der Waals surface area contributed by atoms with Gasteiger partial charge in [-0.3, -0.25) is 19.7 Å². The molecule has 5 rings (SSSR count). The number of anilines is 1. The molecule has 2 aromatic carbocycles. The summed E-state index contributed by atoms with van der Waals surface area (Å²) in [6.45, 7) is 1.67. The quantitative estimate of drug-likeness (QED) is 0.161. The molecule has 2 fully saturated rings. The van der Waals surface area contributed by atoms with Gasteiger partial charge in [-0.1, -0.05) is 29.8 Å². The first-order valence-electron chi connectivity index (χ1n) is 12.9. The fraction of sp³-hybridized carbons (Fsp3) is 0.357. The number of hydrogen-bond acceptors (Lipinski definition) is 8. The number of nitro groups is 1. The lowest BCUT2D eigenvalue weighted by Crippen LogP contribution is -2.46. The average Bonchev–Trinajstić information content (AvgIpc) is 3.17. The molecule has 2 aliphatic heterocycles. The molecule has 1 aliphatic carbocycles.